The largest absolute Gasteiger partial charge is 0.357 e. The van der Waals surface area contributed by atoms with E-state index < -0.39 is 0 Å². The summed E-state index contributed by atoms with van der Waals surface area (Å²) in [7, 11) is 0. The maximum Gasteiger partial charge on any atom is 0.0578 e. The predicted molar refractivity (Wildman–Crippen MR) is 100 cm³/mol. The zero-order valence-electron chi connectivity index (χ0n) is 14.3. The van der Waals surface area contributed by atoms with Crippen LogP contribution in [0.25, 0.3) is 21.9 Å². The lowest BCUT2D eigenvalue weighted by Crippen LogP contribution is -2.10. The highest BCUT2D eigenvalue weighted by molar-refractivity contribution is 5.96. The van der Waals surface area contributed by atoms with Crippen molar-refractivity contribution < 1.29 is 0 Å². The van der Waals surface area contributed by atoms with Crippen molar-refractivity contribution in [2.45, 2.75) is 38.8 Å². The lowest BCUT2D eigenvalue weighted by Gasteiger charge is -2.12. The molecule has 3 aromatic carbocycles. The minimum atomic E-state index is 0.230. The van der Waals surface area contributed by atoms with Crippen LogP contribution in [0.2, 0.25) is 0 Å². The van der Waals surface area contributed by atoms with Crippen LogP contribution in [0.3, 0.4) is 0 Å². The van der Waals surface area contributed by atoms with Gasteiger partial charge in [0.2, 0.25) is 0 Å². The molecule has 0 aromatic heterocycles. The minimum Gasteiger partial charge on any atom is -0.357 e. The van der Waals surface area contributed by atoms with E-state index in [4.69, 9.17) is 0 Å². The number of anilines is 1. The average molecular weight is 301 g/mol. The summed E-state index contributed by atoms with van der Waals surface area (Å²) in [6.45, 7) is 9.24. The maximum atomic E-state index is 2.49. The number of hydrogen-bond acceptors (Lipinski definition) is 1. The second-order valence-electron chi connectivity index (χ2n) is 7.53. The Labute approximate surface area is 138 Å². The summed E-state index contributed by atoms with van der Waals surface area (Å²) in [6, 6.07) is 24.1. The van der Waals surface area contributed by atoms with Gasteiger partial charge < -0.3 is 4.90 Å². The molecule has 23 heavy (non-hydrogen) atoms. The summed E-state index contributed by atoms with van der Waals surface area (Å²) < 4.78 is 0. The fourth-order valence-electron chi connectivity index (χ4n) is 3.83. The van der Waals surface area contributed by atoms with Crippen LogP contribution in [0.1, 0.15) is 27.7 Å². The highest BCUT2D eigenvalue weighted by Gasteiger charge is 2.62. The van der Waals surface area contributed by atoms with E-state index in [1.54, 1.807) is 0 Å². The third-order valence-electron chi connectivity index (χ3n) is 5.79. The summed E-state index contributed by atoms with van der Waals surface area (Å²) >= 11 is 0. The summed E-state index contributed by atoms with van der Waals surface area (Å²) in [5.41, 5.74) is 4.35. The van der Waals surface area contributed by atoms with Gasteiger partial charge in [0.05, 0.1) is 11.1 Å². The van der Waals surface area contributed by atoms with E-state index in [0.29, 0.717) is 0 Å². The number of rotatable bonds is 2. The molecule has 0 N–H and O–H groups in total. The summed E-state index contributed by atoms with van der Waals surface area (Å²) in [4.78, 5) is 2.49. The lowest BCUT2D eigenvalue weighted by atomic mass is 9.98. The Bertz CT molecular complexity index is 853. The SMILES string of the molecule is CC1(C)N(c2ccc(-c3cccc4ccccc34)cc2)C1(C)C. The van der Waals surface area contributed by atoms with Gasteiger partial charge in [-0.25, -0.2) is 0 Å². The summed E-state index contributed by atoms with van der Waals surface area (Å²) in [5, 5.41) is 2.61. The molecule has 1 heteroatoms. The van der Waals surface area contributed by atoms with Gasteiger partial charge in [-0.2, -0.15) is 0 Å². The minimum absolute atomic E-state index is 0.230. The normalized spacial score (nSPS) is 18.2. The first-order chi connectivity index (χ1) is 10.9. The molecule has 1 nitrogen and oxygen atoms in total. The van der Waals surface area contributed by atoms with Crippen molar-refractivity contribution >= 4 is 16.5 Å². The van der Waals surface area contributed by atoms with Gasteiger partial charge in [0.15, 0.2) is 0 Å². The second kappa shape index (κ2) is 4.61. The molecule has 1 saturated heterocycles. The first kappa shape index (κ1) is 14.3. The Kier molecular flexibility index (Phi) is 2.87. The van der Waals surface area contributed by atoms with E-state index in [0.717, 1.165) is 0 Å². The van der Waals surface area contributed by atoms with Gasteiger partial charge in [0.1, 0.15) is 0 Å². The molecule has 1 aliphatic rings. The summed E-state index contributed by atoms with van der Waals surface area (Å²) in [6.07, 6.45) is 0. The van der Waals surface area contributed by atoms with Crippen molar-refractivity contribution in [3.05, 3.63) is 66.7 Å². The highest BCUT2D eigenvalue weighted by Crippen LogP contribution is 2.53. The van der Waals surface area contributed by atoms with Crippen LogP contribution < -0.4 is 4.90 Å². The molecule has 1 fully saturated rings. The molecule has 1 heterocycles. The van der Waals surface area contributed by atoms with Gasteiger partial charge in [0, 0.05) is 5.69 Å². The van der Waals surface area contributed by atoms with Crippen molar-refractivity contribution in [2.75, 3.05) is 4.90 Å². The molecule has 0 radical (unpaired) electrons. The third-order valence-corrected chi connectivity index (χ3v) is 5.79. The van der Waals surface area contributed by atoms with E-state index in [1.807, 2.05) is 0 Å². The second-order valence-corrected chi connectivity index (χ2v) is 7.53. The van der Waals surface area contributed by atoms with E-state index >= 15 is 0 Å². The van der Waals surface area contributed by atoms with Crippen LogP contribution in [0.15, 0.2) is 66.7 Å². The topological polar surface area (TPSA) is 3.01 Å². The molecule has 4 rings (SSSR count). The van der Waals surface area contributed by atoms with Gasteiger partial charge in [-0.15, -0.1) is 0 Å². The van der Waals surface area contributed by atoms with Crippen molar-refractivity contribution in [1.82, 2.24) is 0 Å². The third kappa shape index (κ3) is 1.99. The van der Waals surface area contributed by atoms with Crippen LogP contribution in [-0.4, -0.2) is 11.1 Å². The quantitative estimate of drug-likeness (QED) is 0.534. The Morgan fingerprint density at radius 2 is 1.26 bits per heavy atom. The smallest absolute Gasteiger partial charge is 0.0578 e. The molecular formula is C22H23N. The Morgan fingerprint density at radius 1 is 0.652 bits per heavy atom. The van der Waals surface area contributed by atoms with Crippen molar-refractivity contribution in [3.8, 4) is 11.1 Å². The van der Waals surface area contributed by atoms with Gasteiger partial charge in [-0.1, -0.05) is 54.6 Å². The fourth-order valence-corrected chi connectivity index (χ4v) is 3.83. The lowest BCUT2D eigenvalue weighted by molar-refractivity contribution is 0.652. The summed E-state index contributed by atoms with van der Waals surface area (Å²) in [5.74, 6) is 0. The molecule has 0 spiro atoms. The zero-order valence-corrected chi connectivity index (χ0v) is 14.3. The molecular weight excluding hydrogens is 278 g/mol. The van der Waals surface area contributed by atoms with Crippen LogP contribution in [0.5, 0.6) is 0 Å². The number of fused-ring (bicyclic) bond motifs is 1. The molecule has 0 atom stereocenters. The van der Waals surface area contributed by atoms with E-state index in [1.165, 1.54) is 27.6 Å². The van der Waals surface area contributed by atoms with Gasteiger partial charge >= 0.3 is 0 Å². The first-order valence-electron chi connectivity index (χ1n) is 8.31. The van der Waals surface area contributed by atoms with Crippen molar-refractivity contribution in [3.63, 3.8) is 0 Å². The van der Waals surface area contributed by atoms with Gasteiger partial charge in [0.25, 0.3) is 0 Å². The van der Waals surface area contributed by atoms with Gasteiger partial charge in [-0.05, 0) is 61.7 Å². The molecule has 0 bridgehead atoms. The predicted octanol–water partition coefficient (Wildman–Crippen LogP) is 5.88. The van der Waals surface area contributed by atoms with E-state index in [2.05, 4.69) is 99.3 Å². The monoisotopic (exact) mass is 301 g/mol. The van der Waals surface area contributed by atoms with Crippen LogP contribution >= 0.6 is 0 Å². The number of nitrogens with zero attached hydrogens (tertiary/aromatic N) is 1. The van der Waals surface area contributed by atoms with E-state index in [-0.39, 0.29) is 11.1 Å². The van der Waals surface area contributed by atoms with E-state index in [9.17, 15) is 0 Å². The average Bonchev–Trinajstić information content (AvgIpc) is 2.96. The van der Waals surface area contributed by atoms with Gasteiger partial charge in [-0.3, -0.25) is 0 Å². The van der Waals surface area contributed by atoms with Crippen LogP contribution in [-0.2, 0) is 0 Å². The fraction of sp³-hybridized carbons (Fsp3) is 0.273. The molecule has 116 valence electrons. The zero-order chi connectivity index (χ0) is 16.2. The highest BCUT2D eigenvalue weighted by atomic mass is 15.4. The van der Waals surface area contributed by atoms with Crippen LogP contribution in [0, 0.1) is 0 Å². The molecule has 1 aliphatic heterocycles. The molecule has 3 aromatic rings. The van der Waals surface area contributed by atoms with Crippen LogP contribution in [0.4, 0.5) is 5.69 Å². The Balaban J connectivity index is 1.74. The molecule has 0 saturated carbocycles. The van der Waals surface area contributed by atoms with Crippen molar-refractivity contribution in [2.24, 2.45) is 0 Å². The molecule has 0 unspecified atom stereocenters. The maximum absolute atomic E-state index is 2.49. The Hall–Kier alpha value is -2.28. The standard InChI is InChI=1S/C22H23N/c1-21(2)22(3,4)23(21)18-14-12-17(13-15-18)20-11-7-9-16-8-5-6-10-19(16)20/h5-15H,1-4H3. The Morgan fingerprint density at radius 3 is 1.91 bits per heavy atom. The molecule has 0 amide bonds. The van der Waals surface area contributed by atoms with Crippen molar-refractivity contribution in [1.29, 1.82) is 0 Å². The number of hydrogen-bond donors (Lipinski definition) is 0. The first-order valence-corrected chi connectivity index (χ1v) is 8.31. The number of benzene rings is 3. The molecule has 0 aliphatic carbocycles.